The molecule has 2 rings (SSSR count). The summed E-state index contributed by atoms with van der Waals surface area (Å²) in [5.74, 6) is -0.599. The Morgan fingerprint density at radius 3 is 2.74 bits per heavy atom. The maximum absolute atomic E-state index is 12.6. The predicted molar refractivity (Wildman–Crippen MR) is 95.8 cm³/mol. The lowest BCUT2D eigenvalue weighted by molar-refractivity contribution is -0.139. The highest BCUT2D eigenvalue weighted by molar-refractivity contribution is 9.10. The molecule has 1 aromatic carbocycles. The van der Waals surface area contributed by atoms with E-state index in [0.29, 0.717) is 18.7 Å². The van der Waals surface area contributed by atoms with Crippen LogP contribution in [0.1, 0.15) is 13.3 Å². The van der Waals surface area contributed by atoms with E-state index in [1.165, 1.54) is 0 Å². The number of hydrogen-bond donors (Lipinski definition) is 0. The first-order valence-corrected chi connectivity index (χ1v) is 9.97. The number of para-hydroxylation sites is 1. The molecule has 1 fully saturated rings. The molecule has 0 bridgehead atoms. The number of anilines is 1. The monoisotopic (exact) mass is 400 g/mol. The van der Waals surface area contributed by atoms with Crippen molar-refractivity contribution >= 4 is 44.2 Å². The molecule has 7 heteroatoms. The Morgan fingerprint density at radius 1 is 1.48 bits per heavy atom. The zero-order valence-corrected chi connectivity index (χ0v) is 15.9. The van der Waals surface area contributed by atoms with Crippen LogP contribution in [0.25, 0.3) is 0 Å². The van der Waals surface area contributed by atoms with Crippen molar-refractivity contribution in [2.75, 3.05) is 30.5 Å². The molecule has 1 aliphatic rings. The van der Waals surface area contributed by atoms with Crippen LogP contribution in [-0.2, 0) is 20.4 Å². The van der Waals surface area contributed by atoms with E-state index in [9.17, 15) is 13.8 Å². The Kier molecular flexibility index (Phi) is 5.97. The number of benzene rings is 1. The second kappa shape index (κ2) is 7.57. The summed E-state index contributed by atoms with van der Waals surface area (Å²) < 4.78 is 12.2. The molecule has 3 atom stereocenters. The third-order valence-corrected chi connectivity index (χ3v) is 5.75. The van der Waals surface area contributed by atoms with Crippen molar-refractivity contribution in [3.8, 4) is 0 Å². The molecular formula is C16H21BrN2O3S. The average molecular weight is 401 g/mol. The van der Waals surface area contributed by atoms with Crippen LogP contribution < -0.4 is 4.90 Å². The molecule has 1 heterocycles. The molecule has 0 N–H and O–H groups in total. The Bertz CT molecular complexity index is 638. The standard InChI is InChI=1S/C16H21BrN2O3S/c1-11(10-23(3)22)18(2)15(20)12-8-9-19(16(12)21)14-7-5-4-6-13(14)17/h4-7,11-12H,8-10H2,1-3H3/t11-,12+,23-/m1/s1. The summed E-state index contributed by atoms with van der Waals surface area (Å²) in [4.78, 5) is 28.5. The van der Waals surface area contributed by atoms with Crippen molar-refractivity contribution in [2.24, 2.45) is 5.92 Å². The number of amides is 2. The Morgan fingerprint density at radius 2 is 2.13 bits per heavy atom. The van der Waals surface area contributed by atoms with E-state index in [1.807, 2.05) is 31.2 Å². The molecule has 1 saturated heterocycles. The van der Waals surface area contributed by atoms with E-state index in [-0.39, 0.29) is 17.9 Å². The quantitative estimate of drug-likeness (QED) is 0.710. The van der Waals surface area contributed by atoms with Crippen LogP contribution in [0, 0.1) is 5.92 Å². The maximum atomic E-state index is 12.6. The van der Waals surface area contributed by atoms with Crippen LogP contribution in [0.2, 0.25) is 0 Å². The van der Waals surface area contributed by atoms with Gasteiger partial charge in [0, 0.05) is 46.9 Å². The predicted octanol–water partition coefficient (Wildman–Crippen LogP) is 2.03. The molecule has 1 aliphatic heterocycles. The third kappa shape index (κ3) is 4.01. The number of rotatable bonds is 5. The number of hydrogen-bond acceptors (Lipinski definition) is 3. The molecule has 0 aliphatic carbocycles. The van der Waals surface area contributed by atoms with Gasteiger partial charge >= 0.3 is 0 Å². The summed E-state index contributed by atoms with van der Waals surface area (Å²) >= 11 is 3.45. The molecule has 5 nitrogen and oxygen atoms in total. The van der Waals surface area contributed by atoms with Gasteiger partial charge in [-0.3, -0.25) is 13.8 Å². The van der Waals surface area contributed by atoms with Crippen molar-refractivity contribution in [1.82, 2.24) is 4.90 Å². The minimum absolute atomic E-state index is 0.154. The molecule has 0 radical (unpaired) electrons. The number of halogens is 1. The van der Waals surface area contributed by atoms with Crippen LogP contribution in [0.5, 0.6) is 0 Å². The van der Waals surface area contributed by atoms with E-state index in [2.05, 4.69) is 15.9 Å². The summed E-state index contributed by atoms with van der Waals surface area (Å²) in [6, 6.07) is 7.34. The third-order valence-electron chi connectivity index (χ3n) is 4.13. The van der Waals surface area contributed by atoms with Crippen molar-refractivity contribution in [1.29, 1.82) is 0 Å². The normalized spacial score (nSPS) is 20.4. The average Bonchev–Trinajstić information content (AvgIpc) is 2.87. The molecule has 2 amide bonds. The zero-order chi connectivity index (χ0) is 17.1. The summed E-state index contributed by atoms with van der Waals surface area (Å²) in [7, 11) is 0.697. The lowest BCUT2D eigenvalue weighted by Crippen LogP contribution is -2.44. The number of carbonyl (C=O) groups excluding carboxylic acids is 2. The summed E-state index contributed by atoms with van der Waals surface area (Å²) in [5, 5.41) is 0. The van der Waals surface area contributed by atoms with Gasteiger partial charge in [0.15, 0.2) is 0 Å². The highest BCUT2D eigenvalue weighted by atomic mass is 79.9. The first kappa shape index (κ1) is 18.1. The maximum Gasteiger partial charge on any atom is 0.239 e. The Balaban J connectivity index is 2.11. The van der Waals surface area contributed by atoms with E-state index < -0.39 is 16.7 Å². The largest absolute Gasteiger partial charge is 0.341 e. The van der Waals surface area contributed by atoms with Gasteiger partial charge in [0.05, 0.1) is 5.69 Å². The van der Waals surface area contributed by atoms with Gasteiger partial charge in [-0.15, -0.1) is 0 Å². The lowest BCUT2D eigenvalue weighted by atomic mass is 10.1. The first-order valence-electron chi connectivity index (χ1n) is 7.45. The van der Waals surface area contributed by atoms with Crippen LogP contribution >= 0.6 is 15.9 Å². The second-order valence-electron chi connectivity index (χ2n) is 5.82. The van der Waals surface area contributed by atoms with Crippen molar-refractivity contribution in [3.63, 3.8) is 0 Å². The highest BCUT2D eigenvalue weighted by Gasteiger charge is 2.40. The first-order chi connectivity index (χ1) is 10.8. The Hall–Kier alpha value is -1.21. The smallest absolute Gasteiger partial charge is 0.239 e. The summed E-state index contributed by atoms with van der Waals surface area (Å²) in [5.41, 5.74) is 0.790. The number of carbonyl (C=O) groups is 2. The van der Waals surface area contributed by atoms with Gasteiger partial charge in [-0.05, 0) is 41.4 Å². The van der Waals surface area contributed by atoms with Gasteiger partial charge in [-0.25, -0.2) is 0 Å². The topological polar surface area (TPSA) is 57.7 Å². The van der Waals surface area contributed by atoms with Crippen LogP contribution in [0.3, 0.4) is 0 Å². The Labute approximate surface area is 147 Å². The summed E-state index contributed by atoms with van der Waals surface area (Å²) in [6.45, 7) is 2.38. The minimum atomic E-state index is -0.978. The fourth-order valence-corrected chi connectivity index (χ4v) is 4.14. The van der Waals surface area contributed by atoms with Crippen molar-refractivity contribution in [3.05, 3.63) is 28.7 Å². The molecule has 0 aromatic heterocycles. The van der Waals surface area contributed by atoms with Gasteiger partial charge in [-0.1, -0.05) is 12.1 Å². The van der Waals surface area contributed by atoms with Gasteiger partial charge in [0.25, 0.3) is 0 Å². The van der Waals surface area contributed by atoms with Crippen molar-refractivity contribution in [2.45, 2.75) is 19.4 Å². The van der Waals surface area contributed by atoms with Gasteiger partial charge < -0.3 is 9.80 Å². The fraction of sp³-hybridized carbons (Fsp3) is 0.500. The fourth-order valence-electron chi connectivity index (χ4n) is 2.73. The number of nitrogens with zero attached hydrogens (tertiary/aromatic N) is 2. The second-order valence-corrected chi connectivity index (χ2v) is 8.15. The highest BCUT2D eigenvalue weighted by Crippen LogP contribution is 2.32. The molecule has 0 spiro atoms. The van der Waals surface area contributed by atoms with Gasteiger partial charge in [0.2, 0.25) is 11.8 Å². The minimum Gasteiger partial charge on any atom is -0.341 e. The summed E-state index contributed by atoms with van der Waals surface area (Å²) in [6.07, 6.45) is 2.12. The van der Waals surface area contributed by atoms with Gasteiger partial charge in [-0.2, -0.15) is 0 Å². The van der Waals surface area contributed by atoms with E-state index >= 15 is 0 Å². The SMILES string of the molecule is C[C@H](C[S@@](C)=O)N(C)C(=O)[C@@H]1CCN(c2ccccc2Br)C1=O. The molecule has 23 heavy (non-hydrogen) atoms. The van der Waals surface area contributed by atoms with E-state index in [1.54, 1.807) is 23.1 Å². The van der Waals surface area contributed by atoms with Crippen molar-refractivity contribution < 1.29 is 13.8 Å². The van der Waals surface area contributed by atoms with E-state index in [4.69, 9.17) is 0 Å². The van der Waals surface area contributed by atoms with Crippen LogP contribution in [-0.4, -0.2) is 52.6 Å². The molecule has 0 saturated carbocycles. The molecule has 0 unspecified atom stereocenters. The van der Waals surface area contributed by atoms with E-state index in [0.717, 1.165) is 10.2 Å². The molecular weight excluding hydrogens is 380 g/mol. The molecule has 126 valence electrons. The lowest BCUT2D eigenvalue weighted by Gasteiger charge is -2.26. The van der Waals surface area contributed by atoms with Crippen LogP contribution in [0.15, 0.2) is 28.7 Å². The van der Waals surface area contributed by atoms with Gasteiger partial charge in [0.1, 0.15) is 5.92 Å². The van der Waals surface area contributed by atoms with Crippen LogP contribution in [0.4, 0.5) is 5.69 Å². The zero-order valence-electron chi connectivity index (χ0n) is 13.5. The molecule has 1 aromatic rings.